The summed E-state index contributed by atoms with van der Waals surface area (Å²) >= 11 is 12.7. The van der Waals surface area contributed by atoms with Gasteiger partial charge < -0.3 is 10.6 Å². The van der Waals surface area contributed by atoms with Gasteiger partial charge in [0.05, 0.1) is 12.1 Å². The standard InChI is InChI=1S/C31H30Cl2N2O/c1-21-13-15-25(17-28(21)32)34-30(23-9-5-3-6-10-23)19-27(36)20-31(24-11-7-4-8-12-24)35-26-16-14-22(2)29(33)18-26/h3-18,30-31,34-35H,19-20H2,1-2H3/t30-,31+. The summed E-state index contributed by atoms with van der Waals surface area (Å²) in [4.78, 5) is 13.5. The van der Waals surface area contributed by atoms with Crippen LogP contribution in [0.3, 0.4) is 0 Å². The van der Waals surface area contributed by atoms with Crippen molar-refractivity contribution in [1.82, 2.24) is 0 Å². The Labute approximate surface area is 223 Å². The van der Waals surface area contributed by atoms with Crippen LogP contribution < -0.4 is 10.6 Å². The Hall–Kier alpha value is -3.27. The van der Waals surface area contributed by atoms with E-state index in [0.29, 0.717) is 22.9 Å². The number of ketones is 1. The number of Topliss-reactive ketones (excluding diaryl/α,β-unsaturated/α-hetero) is 1. The fourth-order valence-corrected chi connectivity index (χ4v) is 4.54. The molecule has 5 heteroatoms. The predicted molar refractivity (Wildman–Crippen MR) is 152 cm³/mol. The van der Waals surface area contributed by atoms with E-state index in [1.165, 1.54) is 0 Å². The van der Waals surface area contributed by atoms with E-state index in [1.807, 2.05) is 111 Å². The molecule has 0 bridgehead atoms. The second-order valence-electron chi connectivity index (χ2n) is 9.09. The van der Waals surface area contributed by atoms with Gasteiger partial charge in [-0.25, -0.2) is 0 Å². The molecule has 184 valence electrons. The number of carbonyl (C=O) groups is 1. The average molecular weight is 518 g/mol. The molecule has 4 aromatic carbocycles. The van der Waals surface area contributed by atoms with Gasteiger partial charge in [0.25, 0.3) is 0 Å². The molecule has 0 saturated heterocycles. The lowest BCUT2D eigenvalue weighted by atomic mass is 9.95. The van der Waals surface area contributed by atoms with Crippen LogP contribution in [0.1, 0.15) is 47.2 Å². The molecule has 0 amide bonds. The Balaban J connectivity index is 1.55. The second kappa shape index (κ2) is 12.1. The highest BCUT2D eigenvalue weighted by Crippen LogP contribution is 2.30. The molecule has 4 rings (SSSR count). The summed E-state index contributed by atoms with van der Waals surface area (Å²) in [6.07, 6.45) is 0.685. The molecule has 0 radical (unpaired) electrons. The first-order valence-corrected chi connectivity index (χ1v) is 12.8. The summed E-state index contributed by atoms with van der Waals surface area (Å²) in [6.45, 7) is 3.95. The van der Waals surface area contributed by atoms with Gasteiger partial charge in [0.2, 0.25) is 0 Å². The smallest absolute Gasteiger partial charge is 0.137 e. The minimum Gasteiger partial charge on any atom is -0.378 e. The Bertz CT molecular complexity index is 1210. The number of hydrogen-bond donors (Lipinski definition) is 2. The zero-order valence-electron chi connectivity index (χ0n) is 20.5. The normalized spacial score (nSPS) is 12.6. The van der Waals surface area contributed by atoms with Crippen LogP contribution in [0, 0.1) is 13.8 Å². The SMILES string of the molecule is Cc1ccc(N[C@@H](CC(=O)C[C@@H](Nc2ccc(C)c(Cl)c2)c2ccccc2)c2ccccc2)cc1Cl. The molecule has 36 heavy (non-hydrogen) atoms. The quantitative estimate of drug-likeness (QED) is 0.221. The summed E-state index contributed by atoms with van der Waals surface area (Å²) < 4.78 is 0. The third kappa shape index (κ3) is 6.90. The molecule has 0 saturated carbocycles. The maximum atomic E-state index is 13.5. The molecule has 4 aromatic rings. The van der Waals surface area contributed by atoms with Crippen molar-refractivity contribution in [1.29, 1.82) is 0 Å². The van der Waals surface area contributed by atoms with Crippen LogP contribution in [0.25, 0.3) is 0 Å². The van der Waals surface area contributed by atoms with Crippen LogP contribution in [-0.4, -0.2) is 5.78 Å². The molecule has 0 fully saturated rings. The highest BCUT2D eigenvalue weighted by atomic mass is 35.5. The Morgan fingerprint density at radius 3 is 1.39 bits per heavy atom. The molecule has 3 nitrogen and oxygen atoms in total. The van der Waals surface area contributed by atoms with E-state index < -0.39 is 0 Å². The van der Waals surface area contributed by atoms with Gasteiger partial charge in [-0.2, -0.15) is 0 Å². The topological polar surface area (TPSA) is 41.1 Å². The molecule has 0 aromatic heterocycles. The van der Waals surface area contributed by atoms with Crippen LogP contribution in [0.2, 0.25) is 10.0 Å². The third-order valence-corrected chi connectivity index (χ3v) is 7.11. The number of benzene rings is 4. The van der Waals surface area contributed by atoms with Gasteiger partial charge >= 0.3 is 0 Å². The lowest BCUT2D eigenvalue weighted by Gasteiger charge is -2.24. The minimum atomic E-state index is -0.178. The summed E-state index contributed by atoms with van der Waals surface area (Å²) in [5.41, 5.74) is 5.91. The van der Waals surface area contributed by atoms with Gasteiger partial charge in [0.15, 0.2) is 0 Å². The number of aryl methyl sites for hydroxylation is 2. The zero-order valence-corrected chi connectivity index (χ0v) is 22.0. The number of nitrogens with one attached hydrogen (secondary N) is 2. The van der Waals surface area contributed by atoms with Crippen LogP contribution in [-0.2, 0) is 4.79 Å². The summed E-state index contributed by atoms with van der Waals surface area (Å²) in [7, 11) is 0. The monoisotopic (exact) mass is 516 g/mol. The molecule has 0 aliphatic carbocycles. The Morgan fingerprint density at radius 1 is 0.639 bits per heavy atom. The number of anilines is 2. The maximum Gasteiger partial charge on any atom is 0.137 e. The number of rotatable bonds is 10. The molecule has 2 atom stereocenters. The van der Waals surface area contributed by atoms with Crippen molar-refractivity contribution in [2.45, 2.75) is 38.8 Å². The van der Waals surface area contributed by atoms with E-state index >= 15 is 0 Å². The van der Waals surface area contributed by atoms with Crippen molar-refractivity contribution >= 4 is 40.4 Å². The van der Waals surface area contributed by atoms with Gasteiger partial charge in [-0.15, -0.1) is 0 Å². The molecule has 0 aliphatic rings. The van der Waals surface area contributed by atoms with E-state index in [0.717, 1.165) is 33.6 Å². The van der Waals surface area contributed by atoms with Gasteiger partial charge in [-0.3, -0.25) is 4.79 Å². The van der Waals surface area contributed by atoms with Crippen molar-refractivity contribution in [2.24, 2.45) is 0 Å². The molecule has 0 unspecified atom stereocenters. The highest BCUT2D eigenvalue weighted by molar-refractivity contribution is 6.31. The van der Waals surface area contributed by atoms with Gasteiger partial charge in [-0.05, 0) is 60.4 Å². The fourth-order valence-electron chi connectivity index (χ4n) is 4.18. The predicted octanol–water partition coefficient (Wildman–Crippen LogP) is 8.97. The van der Waals surface area contributed by atoms with Crippen molar-refractivity contribution in [3.8, 4) is 0 Å². The summed E-state index contributed by atoms with van der Waals surface area (Å²) in [5, 5.41) is 8.45. The fraction of sp³-hybridized carbons (Fsp3) is 0.194. The van der Waals surface area contributed by atoms with Crippen LogP contribution in [0.15, 0.2) is 97.1 Å². The van der Waals surface area contributed by atoms with Gasteiger partial charge in [-0.1, -0.05) is 96.0 Å². The lowest BCUT2D eigenvalue weighted by Crippen LogP contribution is -2.20. The lowest BCUT2D eigenvalue weighted by molar-refractivity contribution is -0.119. The highest BCUT2D eigenvalue weighted by Gasteiger charge is 2.21. The number of carbonyl (C=O) groups excluding carboxylic acids is 1. The van der Waals surface area contributed by atoms with Gasteiger partial charge in [0, 0.05) is 34.3 Å². The molecule has 0 aliphatic heterocycles. The van der Waals surface area contributed by atoms with Crippen LogP contribution >= 0.6 is 23.2 Å². The zero-order chi connectivity index (χ0) is 25.5. The van der Waals surface area contributed by atoms with Gasteiger partial charge in [0.1, 0.15) is 5.78 Å². The molecule has 2 N–H and O–H groups in total. The molecular formula is C31H30Cl2N2O. The first kappa shape index (κ1) is 25.8. The Kier molecular flexibility index (Phi) is 8.69. The average Bonchev–Trinajstić information content (AvgIpc) is 2.88. The maximum absolute atomic E-state index is 13.5. The van der Waals surface area contributed by atoms with Crippen LogP contribution in [0.4, 0.5) is 11.4 Å². The van der Waals surface area contributed by atoms with E-state index in [9.17, 15) is 4.79 Å². The van der Waals surface area contributed by atoms with E-state index in [-0.39, 0.29) is 17.9 Å². The number of halogens is 2. The first-order valence-electron chi connectivity index (χ1n) is 12.1. The van der Waals surface area contributed by atoms with E-state index in [2.05, 4.69) is 10.6 Å². The number of hydrogen-bond acceptors (Lipinski definition) is 3. The van der Waals surface area contributed by atoms with Crippen LogP contribution in [0.5, 0.6) is 0 Å². The first-order chi connectivity index (χ1) is 17.4. The summed E-state index contributed by atoms with van der Waals surface area (Å²) in [6, 6.07) is 31.5. The minimum absolute atomic E-state index is 0.147. The Morgan fingerprint density at radius 2 is 1.03 bits per heavy atom. The van der Waals surface area contributed by atoms with Crippen molar-refractivity contribution in [3.05, 3.63) is 129 Å². The molecule has 0 heterocycles. The van der Waals surface area contributed by atoms with E-state index in [4.69, 9.17) is 23.2 Å². The molecular weight excluding hydrogens is 487 g/mol. The summed E-state index contributed by atoms with van der Waals surface area (Å²) in [5.74, 6) is 0.147. The second-order valence-corrected chi connectivity index (χ2v) is 9.90. The molecule has 0 spiro atoms. The largest absolute Gasteiger partial charge is 0.378 e. The van der Waals surface area contributed by atoms with Crippen molar-refractivity contribution < 1.29 is 4.79 Å². The van der Waals surface area contributed by atoms with E-state index in [1.54, 1.807) is 0 Å². The third-order valence-electron chi connectivity index (χ3n) is 6.29. The van der Waals surface area contributed by atoms with Crippen molar-refractivity contribution in [3.63, 3.8) is 0 Å². The van der Waals surface area contributed by atoms with Crippen molar-refractivity contribution in [2.75, 3.05) is 10.6 Å².